The Labute approximate surface area is 155 Å². The van der Waals surface area contributed by atoms with Crippen molar-refractivity contribution in [3.63, 3.8) is 0 Å². The number of aromatic nitrogens is 4. The quantitative estimate of drug-likeness (QED) is 0.839. The van der Waals surface area contributed by atoms with Crippen LogP contribution < -0.4 is 4.90 Å². The second-order valence-corrected chi connectivity index (χ2v) is 7.38. The molecule has 1 aliphatic heterocycles. The van der Waals surface area contributed by atoms with Crippen LogP contribution in [0.4, 0.5) is 5.82 Å². The third-order valence-corrected chi connectivity index (χ3v) is 5.49. The van der Waals surface area contributed by atoms with Gasteiger partial charge in [-0.3, -0.25) is 9.58 Å². The summed E-state index contributed by atoms with van der Waals surface area (Å²) in [7, 11) is 6.15. The molecular formula is C19H27N7. The smallest absolute Gasteiger partial charge is 0.169 e. The van der Waals surface area contributed by atoms with Crippen LogP contribution >= 0.6 is 0 Å². The van der Waals surface area contributed by atoms with E-state index in [1.807, 2.05) is 38.8 Å². The number of aryl methyl sites for hydroxylation is 2. The maximum atomic E-state index is 9.59. The van der Waals surface area contributed by atoms with E-state index in [2.05, 4.69) is 44.4 Å². The molecule has 0 amide bonds. The van der Waals surface area contributed by atoms with Gasteiger partial charge in [0.25, 0.3) is 0 Å². The van der Waals surface area contributed by atoms with E-state index in [-0.39, 0.29) is 0 Å². The molecule has 0 radical (unpaired) electrons. The van der Waals surface area contributed by atoms with Crippen LogP contribution in [-0.4, -0.2) is 52.1 Å². The minimum Gasteiger partial charge on any atom is -0.357 e. The van der Waals surface area contributed by atoms with Crippen LogP contribution in [0.3, 0.4) is 0 Å². The van der Waals surface area contributed by atoms with Gasteiger partial charge in [-0.05, 0) is 51.8 Å². The first-order valence-electron chi connectivity index (χ1n) is 9.06. The zero-order valence-electron chi connectivity index (χ0n) is 16.3. The Balaban J connectivity index is 1.87. The minimum atomic E-state index is 0.324. The molecule has 0 aromatic carbocycles. The summed E-state index contributed by atoms with van der Waals surface area (Å²) < 4.78 is 1.86. The maximum absolute atomic E-state index is 9.59. The molecular weight excluding hydrogens is 326 g/mol. The molecule has 0 N–H and O–H groups in total. The van der Waals surface area contributed by atoms with Gasteiger partial charge < -0.3 is 4.90 Å². The lowest BCUT2D eigenvalue weighted by Crippen LogP contribution is -2.41. The Morgan fingerprint density at radius 1 is 1.31 bits per heavy atom. The number of nitrogens with zero attached hydrogens (tertiary/aromatic N) is 7. The molecule has 0 unspecified atom stereocenters. The van der Waals surface area contributed by atoms with Crippen molar-refractivity contribution >= 4 is 5.82 Å². The summed E-state index contributed by atoms with van der Waals surface area (Å²) in [5.74, 6) is 1.12. The number of piperidine rings is 1. The molecule has 0 aliphatic carbocycles. The topological polar surface area (TPSA) is 73.9 Å². The van der Waals surface area contributed by atoms with Crippen molar-refractivity contribution in [1.29, 1.82) is 5.26 Å². The molecule has 1 aliphatic rings. The highest BCUT2D eigenvalue weighted by atomic mass is 15.3. The predicted molar refractivity (Wildman–Crippen MR) is 101 cm³/mol. The molecule has 138 valence electrons. The van der Waals surface area contributed by atoms with Crippen LogP contribution in [0.5, 0.6) is 0 Å². The fourth-order valence-corrected chi connectivity index (χ4v) is 4.01. The third-order valence-electron chi connectivity index (χ3n) is 5.49. The van der Waals surface area contributed by atoms with Gasteiger partial charge in [-0.2, -0.15) is 15.5 Å². The van der Waals surface area contributed by atoms with Crippen LogP contribution in [-0.2, 0) is 7.05 Å². The summed E-state index contributed by atoms with van der Waals surface area (Å²) in [4.78, 5) is 4.50. The van der Waals surface area contributed by atoms with Gasteiger partial charge in [0, 0.05) is 38.4 Å². The molecule has 0 spiro atoms. The van der Waals surface area contributed by atoms with Crippen LogP contribution in [0.25, 0.3) is 0 Å². The minimum absolute atomic E-state index is 0.324. The summed E-state index contributed by atoms with van der Waals surface area (Å²) in [6.45, 7) is 5.75. The fourth-order valence-electron chi connectivity index (χ4n) is 4.01. The summed E-state index contributed by atoms with van der Waals surface area (Å²) in [6, 6.07) is 2.63. The maximum Gasteiger partial charge on any atom is 0.169 e. The van der Waals surface area contributed by atoms with Crippen molar-refractivity contribution in [1.82, 2.24) is 24.9 Å². The number of likely N-dealkylation sites (tertiary alicyclic amines) is 1. The number of nitriles is 1. The van der Waals surface area contributed by atoms with Crippen LogP contribution in [0.1, 0.15) is 41.3 Å². The summed E-state index contributed by atoms with van der Waals surface area (Å²) >= 11 is 0. The molecule has 2 atom stereocenters. The van der Waals surface area contributed by atoms with Crippen molar-refractivity contribution in [3.8, 4) is 6.07 Å². The van der Waals surface area contributed by atoms with Crippen LogP contribution in [0.2, 0.25) is 0 Å². The Kier molecular flexibility index (Phi) is 5.23. The Hall–Kier alpha value is -2.46. The van der Waals surface area contributed by atoms with Gasteiger partial charge in [0.2, 0.25) is 0 Å². The van der Waals surface area contributed by atoms with Crippen LogP contribution in [0.15, 0.2) is 12.4 Å². The first-order valence-corrected chi connectivity index (χ1v) is 9.06. The average molecular weight is 353 g/mol. The van der Waals surface area contributed by atoms with Crippen molar-refractivity contribution in [2.24, 2.45) is 13.0 Å². The monoisotopic (exact) mass is 353 g/mol. The molecule has 0 saturated carbocycles. The molecule has 0 bridgehead atoms. The molecule has 7 heteroatoms. The van der Waals surface area contributed by atoms with Crippen LogP contribution in [0, 0.1) is 31.1 Å². The summed E-state index contributed by atoms with van der Waals surface area (Å²) in [6.07, 6.45) is 6.40. The number of hydrogen-bond acceptors (Lipinski definition) is 6. The Morgan fingerprint density at radius 3 is 2.73 bits per heavy atom. The van der Waals surface area contributed by atoms with Crippen molar-refractivity contribution in [2.75, 3.05) is 32.1 Å². The normalized spacial score (nSPS) is 20.8. The molecule has 7 nitrogen and oxygen atoms in total. The average Bonchev–Trinajstić information content (AvgIpc) is 3.03. The second kappa shape index (κ2) is 7.42. The van der Waals surface area contributed by atoms with Gasteiger partial charge >= 0.3 is 0 Å². The van der Waals surface area contributed by atoms with Gasteiger partial charge in [-0.1, -0.05) is 0 Å². The SMILES string of the molecule is Cc1nnc(N(C)C[C@@H]2CCCN(C)[C@H]2c2cnn(C)c2)c(C#N)c1C. The van der Waals surface area contributed by atoms with E-state index >= 15 is 0 Å². The molecule has 3 rings (SSSR count). The predicted octanol–water partition coefficient (Wildman–Crippen LogP) is 2.22. The van der Waals surface area contributed by atoms with E-state index in [1.54, 1.807) is 0 Å². The van der Waals surface area contributed by atoms with Crippen molar-refractivity contribution in [3.05, 3.63) is 34.8 Å². The van der Waals surface area contributed by atoms with Gasteiger partial charge in [0.1, 0.15) is 11.6 Å². The van der Waals surface area contributed by atoms with E-state index in [0.29, 0.717) is 23.3 Å². The first kappa shape index (κ1) is 18.3. The van der Waals surface area contributed by atoms with Crippen molar-refractivity contribution < 1.29 is 0 Å². The van der Waals surface area contributed by atoms with E-state index in [1.165, 1.54) is 12.0 Å². The number of anilines is 1. The van der Waals surface area contributed by atoms with Crippen molar-refractivity contribution in [2.45, 2.75) is 32.7 Å². The lowest BCUT2D eigenvalue weighted by atomic mass is 9.85. The summed E-state index contributed by atoms with van der Waals surface area (Å²) in [5.41, 5.74) is 3.60. The number of hydrogen-bond donors (Lipinski definition) is 0. The second-order valence-electron chi connectivity index (χ2n) is 7.38. The lowest BCUT2D eigenvalue weighted by Gasteiger charge is -2.40. The molecule has 2 aromatic heterocycles. The molecule has 26 heavy (non-hydrogen) atoms. The molecule has 1 saturated heterocycles. The van der Waals surface area contributed by atoms with E-state index in [4.69, 9.17) is 0 Å². The van der Waals surface area contributed by atoms with E-state index in [9.17, 15) is 5.26 Å². The van der Waals surface area contributed by atoms with E-state index in [0.717, 1.165) is 30.8 Å². The first-order chi connectivity index (χ1) is 12.4. The highest BCUT2D eigenvalue weighted by Crippen LogP contribution is 2.36. The van der Waals surface area contributed by atoms with Gasteiger partial charge in [0.15, 0.2) is 5.82 Å². The highest BCUT2D eigenvalue weighted by molar-refractivity contribution is 5.57. The molecule has 2 aromatic rings. The molecule has 1 fully saturated rings. The lowest BCUT2D eigenvalue weighted by molar-refractivity contribution is 0.124. The van der Waals surface area contributed by atoms with E-state index < -0.39 is 0 Å². The standard InChI is InChI=1S/C19H27N7/c1-13-14(2)22-23-19(17(13)9-20)25(4)11-15-7-6-8-24(3)18(15)16-10-21-26(5)12-16/h10,12,15,18H,6-8,11H2,1-5H3/t15-,18+/m0/s1. The third kappa shape index (κ3) is 3.42. The number of rotatable bonds is 4. The molecule has 3 heterocycles. The fraction of sp³-hybridized carbons (Fsp3) is 0.579. The largest absolute Gasteiger partial charge is 0.357 e. The Morgan fingerprint density at radius 2 is 2.08 bits per heavy atom. The zero-order valence-corrected chi connectivity index (χ0v) is 16.3. The Bertz CT molecular complexity index is 820. The van der Waals surface area contributed by atoms with Gasteiger partial charge in [-0.15, -0.1) is 5.10 Å². The highest BCUT2D eigenvalue weighted by Gasteiger charge is 2.32. The summed E-state index contributed by atoms with van der Waals surface area (Å²) in [5, 5.41) is 22.5. The van der Waals surface area contributed by atoms with Gasteiger partial charge in [0.05, 0.1) is 11.9 Å². The zero-order chi connectivity index (χ0) is 18.8. The van der Waals surface area contributed by atoms with Gasteiger partial charge in [-0.25, -0.2) is 0 Å².